The molecule has 0 radical (unpaired) electrons. The van der Waals surface area contributed by atoms with E-state index >= 15 is 0 Å². The van der Waals surface area contributed by atoms with Gasteiger partial charge in [-0.1, -0.05) is 0 Å². The van der Waals surface area contributed by atoms with Gasteiger partial charge in [-0.2, -0.15) is 0 Å². The number of benzene rings is 1. The number of hydrogen-bond donors (Lipinski definition) is 0. The zero-order valence-corrected chi connectivity index (χ0v) is 9.62. The highest BCUT2D eigenvalue weighted by atomic mass is 16.7. The molecule has 0 N–H and O–H groups in total. The van der Waals surface area contributed by atoms with E-state index in [2.05, 4.69) is 0 Å². The van der Waals surface area contributed by atoms with Gasteiger partial charge in [0.15, 0.2) is 6.04 Å². The Balaban J connectivity index is 1.81. The molecular weight excluding hydrogens is 222 g/mol. The number of nitrogens with zero attached hydrogens (tertiary/aromatic N) is 1. The number of fused-ring (bicyclic) bond motifs is 1. The number of methoxy groups -OCH3 is 2. The molecule has 3 rings (SSSR count). The number of ether oxygens (including phenoxy) is 3. The minimum absolute atomic E-state index is 0.0147. The van der Waals surface area contributed by atoms with Gasteiger partial charge >= 0.3 is 5.97 Å². The number of carbonyl (C=O) groups excluding carboxylic acids is 1. The maximum atomic E-state index is 11.5. The quantitative estimate of drug-likeness (QED) is 0.572. The van der Waals surface area contributed by atoms with Gasteiger partial charge in [-0.25, -0.2) is 4.79 Å². The van der Waals surface area contributed by atoms with Crippen LogP contribution in [0.3, 0.4) is 0 Å². The number of rotatable bonds is 3. The van der Waals surface area contributed by atoms with E-state index in [0.717, 1.165) is 11.4 Å². The Labute approximate surface area is 98.9 Å². The maximum absolute atomic E-state index is 11.5. The minimum atomic E-state index is -0.449. The van der Waals surface area contributed by atoms with Crippen molar-refractivity contribution in [3.63, 3.8) is 0 Å². The molecule has 2 saturated heterocycles. The number of carbonyl (C=O) groups is 1. The Kier molecular flexibility index (Phi) is 2.22. The summed E-state index contributed by atoms with van der Waals surface area (Å²) in [5.74, 6) is 0.587. The minimum Gasteiger partial charge on any atom is -0.497 e. The van der Waals surface area contributed by atoms with Crippen LogP contribution in [0.4, 0.5) is 5.69 Å². The van der Waals surface area contributed by atoms with Crippen LogP contribution >= 0.6 is 0 Å². The summed E-state index contributed by atoms with van der Waals surface area (Å²) in [5.41, 5.74) is 0.986. The van der Waals surface area contributed by atoms with E-state index in [-0.39, 0.29) is 18.1 Å². The first kappa shape index (κ1) is 10.4. The molecule has 5 nitrogen and oxygen atoms in total. The molecule has 17 heavy (non-hydrogen) atoms. The molecule has 0 aromatic heterocycles. The Morgan fingerprint density at radius 2 is 1.94 bits per heavy atom. The third-order valence-corrected chi connectivity index (χ3v) is 3.21. The van der Waals surface area contributed by atoms with Gasteiger partial charge < -0.3 is 19.1 Å². The fraction of sp³-hybridized carbons (Fsp3) is 0.417. The second-order valence-electron chi connectivity index (χ2n) is 4.08. The monoisotopic (exact) mass is 235 g/mol. The van der Waals surface area contributed by atoms with Crippen LogP contribution < -0.4 is 9.64 Å². The standard InChI is InChI=1S/C12H13NO4/c1-15-8-5-3-7(4-6-8)13-9-10(13)12(16-2)17-11(9)14/h3-6,9-10,12H,1-2H3/t9-,10+,12+,13?/m0/s1. The molecular formula is C12H13NO4. The van der Waals surface area contributed by atoms with Gasteiger partial charge in [0.1, 0.15) is 11.8 Å². The number of esters is 1. The highest BCUT2D eigenvalue weighted by Gasteiger charge is 2.65. The largest absolute Gasteiger partial charge is 0.497 e. The zero-order chi connectivity index (χ0) is 12.0. The van der Waals surface area contributed by atoms with E-state index in [0.29, 0.717) is 0 Å². The van der Waals surface area contributed by atoms with Crippen LogP contribution in [-0.4, -0.2) is 38.6 Å². The van der Waals surface area contributed by atoms with E-state index < -0.39 is 6.29 Å². The van der Waals surface area contributed by atoms with Crippen LogP contribution in [0, 0.1) is 0 Å². The average Bonchev–Trinajstić information content (AvgIpc) is 3.03. The van der Waals surface area contributed by atoms with Gasteiger partial charge in [0, 0.05) is 12.8 Å². The van der Waals surface area contributed by atoms with Crippen molar-refractivity contribution in [2.24, 2.45) is 0 Å². The summed E-state index contributed by atoms with van der Waals surface area (Å²) in [4.78, 5) is 13.5. The van der Waals surface area contributed by atoms with E-state index in [1.165, 1.54) is 0 Å². The van der Waals surface area contributed by atoms with Crippen LogP contribution in [0.25, 0.3) is 0 Å². The second-order valence-corrected chi connectivity index (χ2v) is 4.08. The van der Waals surface area contributed by atoms with E-state index in [1.807, 2.05) is 29.2 Å². The lowest BCUT2D eigenvalue weighted by molar-refractivity contribution is -0.161. The smallest absolute Gasteiger partial charge is 0.333 e. The van der Waals surface area contributed by atoms with Crippen LogP contribution in [0.5, 0.6) is 5.75 Å². The predicted octanol–water partition coefficient (Wildman–Crippen LogP) is 0.782. The summed E-state index contributed by atoms with van der Waals surface area (Å²) in [5, 5.41) is 0. The van der Waals surface area contributed by atoms with Crippen LogP contribution in [0.2, 0.25) is 0 Å². The molecule has 2 fully saturated rings. The first-order valence-corrected chi connectivity index (χ1v) is 5.42. The van der Waals surface area contributed by atoms with Gasteiger partial charge in [-0.05, 0) is 24.3 Å². The van der Waals surface area contributed by atoms with Gasteiger partial charge in [-0.3, -0.25) is 0 Å². The Morgan fingerprint density at radius 3 is 2.53 bits per heavy atom. The summed E-state index contributed by atoms with van der Waals surface area (Å²) < 4.78 is 15.3. The topological polar surface area (TPSA) is 47.8 Å². The van der Waals surface area contributed by atoms with Crippen molar-refractivity contribution in [1.82, 2.24) is 0 Å². The lowest BCUT2D eigenvalue weighted by Gasteiger charge is -2.16. The molecule has 90 valence electrons. The van der Waals surface area contributed by atoms with Gasteiger partial charge in [-0.15, -0.1) is 0 Å². The molecule has 0 saturated carbocycles. The number of hydrogen-bond acceptors (Lipinski definition) is 5. The lowest BCUT2D eigenvalue weighted by atomic mass is 10.3. The summed E-state index contributed by atoms with van der Waals surface area (Å²) in [6, 6.07) is 7.43. The Morgan fingerprint density at radius 1 is 1.24 bits per heavy atom. The first-order chi connectivity index (χ1) is 8.26. The Bertz CT molecular complexity index is 444. The van der Waals surface area contributed by atoms with Crippen molar-refractivity contribution >= 4 is 11.7 Å². The predicted molar refractivity (Wildman–Crippen MR) is 59.9 cm³/mol. The van der Waals surface area contributed by atoms with Crippen LogP contribution in [0.1, 0.15) is 0 Å². The molecule has 1 aromatic carbocycles. The molecule has 2 aliphatic heterocycles. The number of anilines is 1. The van der Waals surface area contributed by atoms with Crippen molar-refractivity contribution in [2.45, 2.75) is 18.4 Å². The SMILES string of the molecule is COc1ccc(N2[C@H]3[C@H](OC)OC(=O)[C@H]32)cc1. The molecule has 3 atom stereocenters. The molecule has 0 bridgehead atoms. The molecule has 5 heteroatoms. The fourth-order valence-corrected chi connectivity index (χ4v) is 2.31. The van der Waals surface area contributed by atoms with Gasteiger partial charge in [0.05, 0.1) is 7.11 Å². The lowest BCUT2D eigenvalue weighted by Crippen LogP contribution is -2.25. The highest BCUT2D eigenvalue weighted by molar-refractivity contribution is 5.91. The summed E-state index contributed by atoms with van der Waals surface area (Å²) in [7, 11) is 3.17. The average molecular weight is 235 g/mol. The van der Waals surface area contributed by atoms with E-state index in [4.69, 9.17) is 14.2 Å². The molecule has 2 heterocycles. The van der Waals surface area contributed by atoms with E-state index in [9.17, 15) is 4.79 Å². The Hall–Kier alpha value is -1.75. The van der Waals surface area contributed by atoms with Crippen molar-refractivity contribution in [2.75, 3.05) is 19.1 Å². The first-order valence-electron chi connectivity index (χ1n) is 5.42. The molecule has 0 aliphatic carbocycles. The summed E-state index contributed by atoms with van der Waals surface area (Å²) >= 11 is 0. The van der Waals surface area contributed by atoms with Crippen molar-refractivity contribution in [3.8, 4) is 5.75 Å². The highest BCUT2D eigenvalue weighted by Crippen LogP contribution is 2.44. The summed E-state index contributed by atoms with van der Waals surface area (Å²) in [6.07, 6.45) is -0.449. The third kappa shape index (κ3) is 1.46. The van der Waals surface area contributed by atoms with Crippen LogP contribution in [0.15, 0.2) is 24.3 Å². The number of cyclic esters (lactones) is 1. The fourth-order valence-electron chi connectivity index (χ4n) is 2.31. The van der Waals surface area contributed by atoms with Crippen LogP contribution in [-0.2, 0) is 14.3 Å². The van der Waals surface area contributed by atoms with Crippen molar-refractivity contribution < 1.29 is 19.0 Å². The normalized spacial score (nSPS) is 29.9. The third-order valence-electron chi connectivity index (χ3n) is 3.21. The zero-order valence-electron chi connectivity index (χ0n) is 9.62. The number of morpholine rings is 1. The van der Waals surface area contributed by atoms with Gasteiger partial charge in [0.25, 0.3) is 0 Å². The molecule has 1 aromatic rings. The van der Waals surface area contributed by atoms with Gasteiger partial charge in [0.2, 0.25) is 6.29 Å². The second kappa shape index (κ2) is 3.63. The molecule has 0 unspecified atom stereocenters. The van der Waals surface area contributed by atoms with Crippen molar-refractivity contribution in [1.29, 1.82) is 0 Å². The summed E-state index contributed by atoms with van der Waals surface area (Å²) in [6.45, 7) is 0. The van der Waals surface area contributed by atoms with E-state index in [1.54, 1.807) is 14.2 Å². The molecule has 0 amide bonds. The van der Waals surface area contributed by atoms with Crippen molar-refractivity contribution in [3.05, 3.63) is 24.3 Å². The maximum Gasteiger partial charge on any atom is 0.333 e. The molecule has 0 spiro atoms. The molecule has 2 aliphatic rings.